The Labute approximate surface area is 171 Å². The van der Waals surface area contributed by atoms with E-state index < -0.39 is 47.7 Å². The molecule has 0 spiro atoms. The van der Waals surface area contributed by atoms with Crippen LogP contribution in [-0.4, -0.2) is 54.3 Å². The van der Waals surface area contributed by atoms with Gasteiger partial charge in [-0.05, 0) is 17.7 Å². The molecular formula is C18H21N3O7S. The molecule has 29 heavy (non-hydrogen) atoms. The highest BCUT2D eigenvalue weighted by Gasteiger charge is 2.50. The summed E-state index contributed by atoms with van der Waals surface area (Å²) in [5.41, 5.74) is 8.25. The van der Waals surface area contributed by atoms with E-state index in [2.05, 4.69) is 10.0 Å². The molecule has 1 aromatic carbocycles. The first-order valence-electron chi connectivity index (χ1n) is 8.71. The highest BCUT2D eigenvalue weighted by Crippen LogP contribution is 2.37. The Balaban J connectivity index is 2.41. The number of azide groups is 1. The monoisotopic (exact) mass is 423 g/mol. The van der Waals surface area contributed by atoms with Crippen molar-refractivity contribution in [3.63, 3.8) is 0 Å². The van der Waals surface area contributed by atoms with Crippen LogP contribution < -0.4 is 0 Å². The average molecular weight is 423 g/mol. The Kier molecular flexibility index (Phi) is 8.32. The maximum atomic E-state index is 11.7. The zero-order valence-corrected chi connectivity index (χ0v) is 16.9. The van der Waals surface area contributed by atoms with Crippen molar-refractivity contribution in [2.75, 3.05) is 6.61 Å². The van der Waals surface area contributed by atoms with Crippen molar-refractivity contribution in [1.29, 1.82) is 0 Å². The van der Waals surface area contributed by atoms with Gasteiger partial charge in [-0.3, -0.25) is 14.4 Å². The van der Waals surface area contributed by atoms with Crippen LogP contribution in [-0.2, 0) is 33.3 Å². The van der Waals surface area contributed by atoms with Gasteiger partial charge in [0.05, 0.1) is 0 Å². The van der Waals surface area contributed by atoms with Crippen molar-refractivity contribution in [3.05, 3.63) is 40.8 Å². The number of ether oxygens (including phenoxy) is 4. The largest absolute Gasteiger partial charge is 0.463 e. The van der Waals surface area contributed by atoms with E-state index in [0.29, 0.717) is 0 Å². The normalized spacial score (nSPS) is 26.0. The highest BCUT2D eigenvalue weighted by atomic mass is 32.2. The first kappa shape index (κ1) is 22.5. The summed E-state index contributed by atoms with van der Waals surface area (Å²) in [6.07, 6.45) is -3.18. The Morgan fingerprint density at radius 3 is 2.24 bits per heavy atom. The highest BCUT2D eigenvalue weighted by molar-refractivity contribution is 7.99. The summed E-state index contributed by atoms with van der Waals surface area (Å²) in [6.45, 7) is 3.36. The molecular weight excluding hydrogens is 402 g/mol. The molecule has 1 heterocycles. The number of esters is 3. The molecule has 10 nitrogen and oxygen atoms in total. The summed E-state index contributed by atoms with van der Waals surface area (Å²) >= 11 is 1.24. The number of carbonyl (C=O) groups excluding carboxylic acids is 3. The van der Waals surface area contributed by atoms with Gasteiger partial charge < -0.3 is 18.9 Å². The number of carbonyl (C=O) groups is 3. The van der Waals surface area contributed by atoms with Gasteiger partial charge in [0.2, 0.25) is 0 Å². The molecule has 1 fully saturated rings. The van der Waals surface area contributed by atoms with Gasteiger partial charge in [0.1, 0.15) is 24.2 Å². The molecule has 0 aliphatic carbocycles. The standard InChI is InChI=1S/C18H21N3O7S/c1-10(22)25-9-14-16(26-11(2)23)17(27-12(3)24)15(20-21-19)18(28-14)29-13-7-5-4-6-8-13/h4-8,14-18H,9H2,1-3H3/t14-,15-,16+,17-,18-/m1/s1. The van der Waals surface area contributed by atoms with E-state index in [0.717, 1.165) is 4.90 Å². The lowest BCUT2D eigenvalue weighted by atomic mass is 9.98. The number of hydrogen-bond donors (Lipinski definition) is 0. The molecule has 1 aliphatic rings. The van der Waals surface area contributed by atoms with Crippen molar-refractivity contribution in [1.82, 2.24) is 0 Å². The molecule has 2 rings (SSSR count). The van der Waals surface area contributed by atoms with E-state index in [1.165, 1.54) is 32.5 Å². The second kappa shape index (κ2) is 10.7. The van der Waals surface area contributed by atoms with Crippen LogP contribution in [0.5, 0.6) is 0 Å². The van der Waals surface area contributed by atoms with Gasteiger partial charge >= 0.3 is 17.9 Å². The zero-order valence-electron chi connectivity index (χ0n) is 16.1. The van der Waals surface area contributed by atoms with Crippen molar-refractivity contribution in [2.24, 2.45) is 5.11 Å². The van der Waals surface area contributed by atoms with Gasteiger partial charge in [-0.25, -0.2) is 0 Å². The van der Waals surface area contributed by atoms with E-state index in [1.54, 1.807) is 0 Å². The second-order valence-electron chi connectivity index (χ2n) is 6.12. The fraction of sp³-hybridized carbons (Fsp3) is 0.500. The Morgan fingerprint density at radius 1 is 1.07 bits per heavy atom. The third kappa shape index (κ3) is 6.67. The lowest BCUT2D eigenvalue weighted by Gasteiger charge is -2.43. The predicted molar refractivity (Wildman–Crippen MR) is 102 cm³/mol. The fourth-order valence-electron chi connectivity index (χ4n) is 2.80. The van der Waals surface area contributed by atoms with Gasteiger partial charge in [-0.2, -0.15) is 0 Å². The molecule has 0 saturated carbocycles. The van der Waals surface area contributed by atoms with Crippen molar-refractivity contribution in [3.8, 4) is 0 Å². The lowest BCUT2D eigenvalue weighted by molar-refractivity contribution is -0.208. The van der Waals surface area contributed by atoms with E-state index in [1.807, 2.05) is 30.3 Å². The van der Waals surface area contributed by atoms with Crippen LogP contribution in [0.3, 0.4) is 0 Å². The van der Waals surface area contributed by atoms with E-state index >= 15 is 0 Å². The molecule has 11 heteroatoms. The zero-order chi connectivity index (χ0) is 21.4. The van der Waals surface area contributed by atoms with Gasteiger partial charge in [-0.15, -0.1) is 0 Å². The predicted octanol–water partition coefficient (Wildman–Crippen LogP) is 2.61. The van der Waals surface area contributed by atoms with Gasteiger partial charge in [0.25, 0.3) is 0 Å². The molecule has 1 aliphatic heterocycles. The number of hydrogen-bond acceptors (Lipinski definition) is 9. The maximum Gasteiger partial charge on any atom is 0.303 e. The molecule has 0 unspecified atom stereocenters. The second-order valence-corrected chi connectivity index (χ2v) is 7.29. The van der Waals surface area contributed by atoms with Gasteiger partial charge in [0.15, 0.2) is 12.2 Å². The molecule has 1 aromatic rings. The maximum absolute atomic E-state index is 11.7. The Hall–Kier alpha value is -2.75. The molecule has 0 bridgehead atoms. The van der Waals surface area contributed by atoms with Crippen LogP contribution in [0, 0.1) is 0 Å². The van der Waals surface area contributed by atoms with E-state index in [4.69, 9.17) is 24.5 Å². The molecule has 0 aromatic heterocycles. The first-order valence-corrected chi connectivity index (χ1v) is 9.59. The molecule has 5 atom stereocenters. The summed E-state index contributed by atoms with van der Waals surface area (Å²) in [6, 6.07) is 8.18. The third-order valence-corrected chi connectivity index (χ3v) is 5.02. The van der Waals surface area contributed by atoms with Crippen molar-refractivity contribution < 1.29 is 33.3 Å². The average Bonchev–Trinajstić information content (AvgIpc) is 2.65. The van der Waals surface area contributed by atoms with Crippen LogP contribution in [0.25, 0.3) is 10.4 Å². The number of benzene rings is 1. The van der Waals surface area contributed by atoms with Crippen LogP contribution in [0.1, 0.15) is 20.8 Å². The minimum Gasteiger partial charge on any atom is -0.463 e. The topological polar surface area (TPSA) is 137 Å². The van der Waals surface area contributed by atoms with Crippen LogP contribution >= 0.6 is 11.8 Å². The van der Waals surface area contributed by atoms with Crippen LogP contribution in [0.15, 0.2) is 40.3 Å². The molecule has 0 amide bonds. The summed E-state index contributed by atoms with van der Waals surface area (Å²) in [5.74, 6) is -1.86. The van der Waals surface area contributed by atoms with E-state index in [9.17, 15) is 14.4 Å². The van der Waals surface area contributed by atoms with Gasteiger partial charge in [0, 0.05) is 30.6 Å². The first-order chi connectivity index (χ1) is 13.8. The quantitative estimate of drug-likeness (QED) is 0.214. The summed E-state index contributed by atoms with van der Waals surface area (Å²) < 4.78 is 21.7. The third-order valence-electron chi connectivity index (χ3n) is 3.85. The minimum atomic E-state index is -1.13. The Morgan fingerprint density at radius 2 is 1.69 bits per heavy atom. The lowest BCUT2D eigenvalue weighted by Crippen LogP contribution is -2.59. The minimum absolute atomic E-state index is 0.236. The summed E-state index contributed by atoms with van der Waals surface area (Å²) in [5, 5.41) is 3.74. The molecule has 156 valence electrons. The summed E-state index contributed by atoms with van der Waals surface area (Å²) in [7, 11) is 0. The smallest absolute Gasteiger partial charge is 0.303 e. The molecule has 0 N–H and O–H groups in total. The van der Waals surface area contributed by atoms with Gasteiger partial charge in [-0.1, -0.05) is 35.1 Å². The number of thioether (sulfide) groups is 1. The Bertz CT molecular complexity index is 785. The van der Waals surface area contributed by atoms with Crippen LogP contribution in [0.4, 0.5) is 0 Å². The van der Waals surface area contributed by atoms with Crippen LogP contribution in [0.2, 0.25) is 0 Å². The summed E-state index contributed by atoms with van der Waals surface area (Å²) in [4.78, 5) is 38.3. The van der Waals surface area contributed by atoms with Crippen molar-refractivity contribution >= 4 is 29.7 Å². The fourth-order valence-corrected chi connectivity index (χ4v) is 3.93. The number of nitrogens with zero attached hydrogens (tertiary/aromatic N) is 3. The number of rotatable bonds is 7. The molecule has 1 saturated heterocycles. The van der Waals surface area contributed by atoms with E-state index in [-0.39, 0.29) is 6.61 Å². The van der Waals surface area contributed by atoms with Crippen molar-refractivity contribution in [2.45, 2.75) is 55.5 Å². The molecule has 0 radical (unpaired) electrons. The SMILES string of the molecule is CC(=O)OC[C@H]1O[C@H](Sc2ccccc2)[C@H](N=[N+]=[N-])[C@@H](OC(C)=O)[C@H]1OC(C)=O.